The summed E-state index contributed by atoms with van der Waals surface area (Å²) in [7, 11) is 0. The van der Waals surface area contributed by atoms with Crippen LogP contribution in [0.4, 0.5) is 13.2 Å². The van der Waals surface area contributed by atoms with Gasteiger partial charge < -0.3 is 10.4 Å². The number of carbonyl (C=O) groups excluding carboxylic acids is 1. The highest BCUT2D eigenvalue weighted by Gasteiger charge is 2.14. The molecule has 0 aliphatic rings. The average molecular weight is 281 g/mol. The quantitative estimate of drug-likeness (QED) is 0.850. The molecule has 0 heterocycles. The maximum atomic E-state index is 13.0. The molecule has 1 amide bonds. The number of aromatic hydroxyl groups is 1. The predicted octanol–water partition coefficient (Wildman–Crippen LogP) is 2.74. The van der Waals surface area contributed by atoms with E-state index in [-0.39, 0.29) is 17.9 Å². The zero-order valence-electron chi connectivity index (χ0n) is 10.2. The van der Waals surface area contributed by atoms with Crippen molar-refractivity contribution in [1.82, 2.24) is 5.32 Å². The Morgan fingerprint density at radius 3 is 2.35 bits per heavy atom. The Hall–Kier alpha value is -2.50. The molecule has 0 aliphatic heterocycles. The molecule has 6 heteroatoms. The number of rotatable bonds is 3. The largest absolute Gasteiger partial charge is 0.508 e. The van der Waals surface area contributed by atoms with Gasteiger partial charge in [0, 0.05) is 12.1 Å². The van der Waals surface area contributed by atoms with E-state index < -0.39 is 23.4 Å². The molecule has 0 saturated heterocycles. The molecule has 0 spiro atoms. The second kappa shape index (κ2) is 5.64. The van der Waals surface area contributed by atoms with Crippen LogP contribution in [0.3, 0.4) is 0 Å². The van der Waals surface area contributed by atoms with Crippen LogP contribution in [0, 0.1) is 17.5 Å². The minimum atomic E-state index is -1.62. The Morgan fingerprint density at radius 2 is 1.75 bits per heavy atom. The number of hydrogen-bond donors (Lipinski definition) is 2. The van der Waals surface area contributed by atoms with Crippen LogP contribution in [0.5, 0.6) is 5.75 Å². The molecule has 0 aromatic heterocycles. The van der Waals surface area contributed by atoms with Gasteiger partial charge in [0.1, 0.15) is 5.75 Å². The first-order valence-electron chi connectivity index (χ1n) is 5.68. The molecule has 2 aromatic carbocycles. The second-order valence-electron chi connectivity index (χ2n) is 4.11. The highest BCUT2D eigenvalue weighted by molar-refractivity contribution is 5.94. The van der Waals surface area contributed by atoms with Crippen LogP contribution in [-0.2, 0) is 6.54 Å². The topological polar surface area (TPSA) is 49.3 Å². The third-order valence-corrected chi connectivity index (χ3v) is 2.61. The number of benzene rings is 2. The van der Waals surface area contributed by atoms with Crippen LogP contribution in [0.1, 0.15) is 15.9 Å². The molecule has 0 unspecified atom stereocenters. The van der Waals surface area contributed by atoms with Gasteiger partial charge in [-0.25, -0.2) is 13.2 Å². The first-order valence-corrected chi connectivity index (χ1v) is 5.68. The van der Waals surface area contributed by atoms with Gasteiger partial charge in [-0.05, 0) is 29.8 Å². The van der Waals surface area contributed by atoms with Crippen molar-refractivity contribution in [2.75, 3.05) is 0 Å². The Morgan fingerprint density at radius 1 is 1.10 bits per heavy atom. The highest BCUT2D eigenvalue weighted by atomic mass is 19.2. The van der Waals surface area contributed by atoms with Gasteiger partial charge in [0.25, 0.3) is 5.91 Å². The predicted molar refractivity (Wildman–Crippen MR) is 65.6 cm³/mol. The van der Waals surface area contributed by atoms with Gasteiger partial charge >= 0.3 is 0 Å². The molecule has 2 N–H and O–H groups in total. The van der Waals surface area contributed by atoms with Crippen LogP contribution >= 0.6 is 0 Å². The van der Waals surface area contributed by atoms with Crippen molar-refractivity contribution in [3.05, 3.63) is 65.0 Å². The summed E-state index contributed by atoms with van der Waals surface area (Å²) in [6, 6.07) is 7.40. The monoisotopic (exact) mass is 281 g/mol. The number of halogens is 3. The smallest absolute Gasteiger partial charge is 0.251 e. The van der Waals surface area contributed by atoms with Gasteiger partial charge in [-0.15, -0.1) is 0 Å². The zero-order valence-corrected chi connectivity index (χ0v) is 10.2. The van der Waals surface area contributed by atoms with E-state index in [1.165, 1.54) is 12.1 Å². The van der Waals surface area contributed by atoms with Crippen LogP contribution in [0.15, 0.2) is 36.4 Å². The molecule has 0 radical (unpaired) electrons. The lowest BCUT2D eigenvalue weighted by Gasteiger charge is -2.06. The van der Waals surface area contributed by atoms with Crippen molar-refractivity contribution >= 4 is 5.91 Å². The standard InChI is InChI=1S/C14H10F3NO2/c15-11-5-9(6-12(16)13(11)17)14(20)18-7-8-2-1-3-10(19)4-8/h1-6,19H,7H2,(H,18,20). The molecule has 20 heavy (non-hydrogen) atoms. The maximum Gasteiger partial charge on any atom is 0.251 e. The number of hydrogen-bond acceptors (Lipinski definition) is 2. The summed E-state index contributed by atoms with van der Waals surface area (Å²) in [6.45, 7) is 0.0633. The molecule has 0 bridgehead atoms. The van der Waals surface area contributed by atoms with E-state index in [9.17, 15) is 23.1 Å². The Kier molecular flexibility index (Phi) is 3.93. The van der Waals surface area contributed by atoms with Crippen LogP contribution in [0.25, 0.3) is 0 Å². The molecule has 0 fully saturated rings. The van der Waals surface area contributed by atoms with Crippen molar-refractivity contribution in [3.63, 3.8) is 0 Å². The first-order chi connectivity index (χ1) is 9.47. The molecular weight excluding hydrogens is 271 g/mol. The first kappa shape index (κ1) is 13.9. The molecule has 0 saturated carbocycles. The Balaban J connectivity index is 2.09. The van der Waals surface area contributed by atoms with E-state index in [2.05, 4.69) is 5.32 Å². The van der Waals surface area contributed by atoms with E-state index >= 15 is 0 Å². The summed E-state index contributed by atoms with van der Waals surface area (Å²) in [5, 5.41) is 11.7. The van der Waals surface area contributed by atoms with E-state index in [0.717, 1.165) is 0 Å². The summed E-state index contributed by atoms with van der Waals surface area (Å²) in [5.74, 6) is -5.17. The van der Waals surface area contributed by atoms with Gasteiger partial charge in [-0.3, -0.25) is 4.79 Å². The van der Waals surface area contributed by atoms with Crippen molar-refractivity contribution in [2.45, 2.75) is 6.54 Å². The number of amides is 1. The van der Waals surface area contributed by atoms with Gasteiger partial charge in [0.05, 0.1) is 0 Å². The van der Waals surface area contributed by atoms with Crippen LogP contribution in [0.2, 0.25) is 0 Å². The summed E-state index contributed by atoms with van der Waals surface area (Å²) >= 11 is 0. The highest BCUT2D eigenvalue weighted by Crippen LogP contribution is 2.14. The van der Waals surface area contributed by atoms with E-state index in [4.69, 9.17) is 0 Å². The number of phenols is 1. The number of phenolic OH excluding ortho intramolecular Hbond substituents is 1. The molecular formula is C14H10F3NO2. The number of carbonyl (C=O) groups is 1. The molecule has 2 aromatic rings. The van der Waals surface area contributed by atoms with E-state index in [1.54, 1.807) is 12.1 Å². The normalized spacial score (nSPS) is 10.3. The lowest BCUT2D eigenvalue weighted by Crippen LogP contribution is -2.23. The van der Waals surface area contributed by atoms with Gasteiger partial charge in [0.15, 0.2) is 17.5 Å². The van der Waals surface area contributed by atoms with E-state index in [1.807, 2.05) is 0 Å². The summed E-state index contributed by atoms with van der Waals surface area (Å²) in [4.78, 5) is 11.7. The van der Waals surface area contributed by atoms with Crippen LogP contribution < -0.4 is 5.32 Å². The third kappa shape index (κ3) is 3.09. The fourth-order valence-corrected chi connectivity index (χ4v) is 1.64. The minimum Gasteiger partial charge on any atom is -0.508 e. The summed E-state index contributed by atoms with van der Waals surface area (Å²) in [5.41, 5.74) is 0.294. The number of nitrogens with one attached hydrogen (secondary N) is 1. The second-order valence-corrected chi connectivity index (χ2v) is 4.11. The minimum absolute atomic E-state index is 0.0376. The fourth-order valence-electron chi connectivity index (χ4n) is 1.64. The van der Waals surface area contributed by atoms with Gasteiger partial charge in [-0.1, -0.05) is 12.1 Å². The fraction of sp³-hybridized carbons (Fsp3) is 0.0714. The zero-order chi connectivity index (χ0) is 14.7. The van der Waals surface area contributed by atoms with Crippen molar-refractivity contribution in [1.29, 1.82) is 0 Å². The lowest BCUT2D eigenvalue weighted by molar-refractivity contribution is 0.0949. The Labute approximate surface area is 112 Å². The van der Waals surface area contributed by atoms with Crippen molar-refractivity contribution in [3.8, 4) is 5.75 Å². The maximum absolute atomic E-state index is 13.0. The van der Waals surface area contributed by atoms with Crippen molar-refractivity contribution in [2.24, 2.45) is 0 Å². The Bertz CT molecular complexity index is 636. The summed E-state index contributed by atoms with van der Waals surface area (Å²) in [6.07, 6.45) is 0. The SMILES string of the molecule is O=C(NCc1cccc(O)c1)c1cc(F)c(F)c(F)c1. The average Bonchev–Trinajstić information content (AvgIpc) is 2.41. The third-order valence-electron chi connectivity index (χ3n) is 2.61. The molecule has 104 valence electrons. The summed E-state index contributed by atoms with van der Waals surface area (Å²) < 4.78 is 38.7. The van der Waals surface area contributed by atoms with Gasteiger partial charge in [-0.2, -0.15) is 0 Å². The van der Waals surface area contributed by atoms with Crippen molar-refractivity contribution < 1.29 is 23.1 Å². The van der Waals surface area contributed by atoms with Gasteiger partial charge in [0.2, 0.25) is 0 Å². The molecule has 0 aliphatic carbocycles. The van der Waals surface area contributed by atoms with E-state index in [0.29, 0.717) is 17.7 Å². The lowest BCUT2D eigenvalue weighted by atomic mass is 10.1. The molecule has 0 atom stereocenters. The molecule has 3 nitrogen and oxygen atoms in total. The van der Waals surface area contributed by atoms with Crippen LogP contribution in [-0.4, -0.2) is 11.0 Å². The molecule has 2 rings (SSSR count).